The average molecular weight is 327 g/mol. The summed E-state index contributed by atoms with van der Waals surface area (Å²) in [5.74, 6) is 0. The van der Waals surface area contributed by atoms with E-state index >= 15 is 0 Å². The Labute approximate surface area is 142 Å². The van der Waals surface area contributed by atoms with Crippen molar-refractivity contribution in [3.8, 4) is 0 Å². The quantitative estimate of drug-likeness (QED) is 0.477. The largest absolute Gasteiger partial charge is 0.314 e. The van der Waals surface area contributed by atoms with Crippen LogP contribution < -0.4 is 21.3 Å². The first-order valence-electron chi connectivity index (χ1n) is 9.73. The van der Waals surface area contributed by atoms with E-state index in [1.54, 1.807) is 0 Å². The average Bonchev–Trinajstić information content (AvgIpc) is 2.78. The van der Waals surface area contributed by atoms with Crippen LogP contribution in [0.2, 0.25) is 0 Å². The summed E-state index contributed by atoms with van der Waals surface area (Å²) >= 11 is 0. The van der Waals surface area contributed by atoms with Crippen LogP contribution in [0.4, 0.5) is 0 Å². The molecule has 2 aliphatic rings. The van der Waals surface area contributed by atoms with Crippen LogP contribution in [-0.4, -0.2) is 101 Å². The Morgan fingerprint density at radius 2 is 0.783 bits per heavy atom. The molecule has 2 rings (SSSR count). The second-order valence-electron chi connectivity index (χ2n) is 6.74. The molecule has 23 heavy (non-hydrogen) atoms. The van der Waals surface area contributed by atoms with Gasteiger partial charge in [0.25, 0.3) is 0 Å². The van der Waals surface area contributed by atoms with Crippen molar-refractivity contribution >= 4 is 0 Å². The standard InChI is InChI=1S/C17H38N6/c1(2-12-22-14-8-18-4-5-19-9-15-22)3-13-23-16-10-20-6-7-21-11-17-23/h18-21H,1-17H2. The first kappa shape index (κ1) is 19.1. The summed E-state index contributed by atoms with van der Waals surface area (Å²) < 4.78 is 0. The van der Waals surface area contributed by atoms with Gasteiger partial charge in [0.2, 0.25) is 0 Å². The lowest BCUT2D eigenvalue weighted by molar-refractivity contribution is 0.256. The van der Waals surface area contributed by atoms with E-state index < -0.39 is 0 Å². The predicted octanol–water partition coefficient (Wildman–Crippen LogP) is -0.854. The molecule has 136 valence electrons. The summed E-state index contributed by atoms with van der Waals surface area (Å²) in [5.41, 5.74) is 0. The topological polar surface area (TPSA) is 54.6 Å². The van der Waals surface area contributed by atoms with Gasteiger partial charge in [-0.1, -0.05) is 6.42 Å². The maximum absolute atomic E-state index is 3.50. The zero-order valence-electron chi connectivity index (χ0n) is 14.9. The highest BCUT2D eigenvalue weighted by Gasteiger charge is 2.08. The van der Waals surface area contributed by atoms with Gasteiger partial charge in [-0.3, -0.25) is 0 Å². The van der Waals surface area contributed by atoms with Crippen LogP contribution in [0.1, 0.15) is 19.3 Å². The lowest BCUT2D eigenvalue weighted by Crippen LogP contribution is -2.35. The Morgan fingerprint density at radius 1 is 0.435 bits per heavy atom. The van der Waals surface area contributed by atoms with Crippen LogP contribution in [0, 0.1) is 0 Å². The van der Waals surface area contributed by atoms with Gasteiger partial charge < -0.3 is 31.1 Å². The first-order valence-corrected chi connectivity index (χ1v) is 9.73. The highest BCUT2D eigenvalue weighted by molar-refractivity contribution is 4.68. The summed E-state index contributed by atoms with van der Waals surface area (Å²) in [6, 6.07) is 0. The number of hydrogen-bond donors (Lipinski definition) is 4. The smallest absolute Gasteiger partial charge is 0.0107 e. The predicted molar refractivity (Wildman–Crippen MR) is 98.2 cm³/mol. The van der Waals surface area contributed by atoms with Crippen LogP contribution in [0.15, 0.2) is 0 Å². The summed E-state index contributed by atoms with van der Waals surface area (Å²) in [6.07, 6.45) is 4.03. The third kappa shape index (κ3) is 9.59. The maximum atomic E-state index is 3.50. The van der Waals surface area contributed by atoms with E-state index in [1.165, 1.54) is 58.5 Å². The minimum absolute atomic E-state index is 1.10. The Morgan fingerprint density at radius 3 is 1.13 bits per heavy atom. The normalized spacial score (nSPS) is 24.0. The van der Waals surface area contributed by atoms with Gasteiger partial charge in [-0.15, -0.1) is 0 Å². The van der Waals surface area contributed by atoms with Gasteiger partial charge in [-0.2, -0.15) is 0 Å². The van der Waals surface area contributed by atoms with Crippen molar-refractivity contribution in [3.05, 3.63) is 0 Å². The lowest BCUT2D eigenvalue weighted by atomic mass is 10.2. The summed E-state index contributed by atoms with van der Waals surface area (Å²) in [4.78, 5) is 5.22. The monoisotopic (exact) mass is 326 g/mol. The molecule has 0 aromatic rings. The molecule has 0 amide bonds. The first-order chi connectivity index (χ1) is 11.4. The van der Waals surface area contributed by atoms with E-state index in [0.29, 0.717) is 0 Å². The molecule has 0 saturated carbocycles. The van der Waals surface area contributed by atoms with E-state index in [0.717, 1.165) is 52.4 Å². The number of hydrogen-bond acceptors (Lipinski definition) is 6. The third-order valence-corrected chi connectivity index (χ3v) is 4.83. The SMILES string of the molecule is C(CCN1CCNCCNCC1)CCN1CCNCCNCC1. The molecule has 0 spiro atoms. The second-order valence-corrected chi connectivity index (χ2v) is 6.74. The summed E-state index contributed by atoms with van der Waals surface area (Å²) in [5, 5.41) is 14.0. The molecular weight excluding hydrogens is 288 g/mol. The third-order valence-electron chi connectivity index (χ3n) is 4.83. The highest BCUT2D eigenvalue weighted by Crippen LogP contribution is 2.01. The summed E-state index contributed by atoms with van der Waals surface area (Å²) in [6.45, 7) is 16.3. The van der Waals surface area contributed by atoms with Gasteiger partial charge in [0, 0.05) is 78.5 Å². The van der Waals surface area contributed by atoms with E-state index in [4.69, 9.17) is 0 Å². The number of nitrogens with zero attached hydrogens (tertiary/aromatic N) is 2. The molecule has 0 atom stereocenters. The fraction of sp³-hybridized carbons (Fsp3) is 1.00. The van der Waals surface area contributed by atoms with Crippen molar-refractivity contribution in [2.75, 3.05) is 91.6 Å². The maximum Gasteiger partial charge on any atom is 0.0107 e. The van der Waals surface area contributed by atoms with Gasteiger partial charge in [0.05, 0.1) is 0 Å². The molecule has 2 saturated heterocycles. The van der Waals surface area contributed by atoms with Gasteiger partial charge in [-0.05, 0) is 25.9 Å². The van der Waals surface area contributed by atoms with Crippen LogP contribution >= 0.6 is 0 Å². The van der Waals surface area contributed by atoms with E-state index in [1.807, 2.05) is 0 Å². The van der Waals surface area contributed by atoms with Gasteiger partial charge >= 0.3 is 0 Å². The molecule has 0 aliphatic carbocycles. The molecule has 2 fully saturated rings. The molecule has 0 aromatic heterocycles. The zero-order valence-corrected chi connectivity index (χ0v) is 14.9. The molecule has 0 bridgehead atoms. The Hall–Kier alpha value is -0.240. The highest BCUT2D eigenvalue weighted by atomic mass is 15.2. The van der Waals surface area contributed by atoms with Crippen LogP contribution in [0.25, 0.3) is 0 Å². The minimum Gasteiger partial charge on any atom is -0.314 e. The Balaban J connectivity index is 1.51. The fourth-order valence-corrected chi connectivity index (χ4v) is 3.32. The van der Waals surface area contributed by atoms with Crippen LogP contribution in [-0.2, 0) is 0 Å². The number of unbranched alkanes of at least 4 members (excludes halogenated alkanes) is 2. The van der Waals surface area contributed by atoms with Crippen LogP contribution in [0.5, 0.6) is 0 Å². The fourth-order valence-electron chi connectivity index (χ4n) is 3.32. The molecule has 2 aliphatic heterocycles. The molecule has 6 nitrogen and oxygen atoms in total. The second kappa shape index (κ2) is 13.1. The van der Waals surface area contributed by atoms with E-state index in [-0.39, 0.29) is 0 Å². The van der Waals surface area contributed by atoms with Gasteiger partial charge in [0.1, 0.15) is 0 Å². The van der Waals surface area contributed by atoms with Crippen LogP contribution in [0.3, 0.4) is 0 Å². The van der Waals surface area contributed by atoms with Crippen molar-refractivity contribution < 1.29 is 0 Å². The van der Waals surface area contributed by atoms with Crippen molar-refractivity contribution in [3.63, 3.8) is 0 Å². The van der Waals surface area contributed by atoms with Gasteiger partial charge in [-0.25, -0.2) is 0 Å². The molecular formula is C17H38N6. The zero-order chi connectivity index (χ0) is 16.0. The molecule has 4 N–H and O–H groups in total. The molecule has 0 aromatic carbocycles. The number of nitrogens with one attached hydrogen (secondary N) is 4. The van der Waals surface area contributed by atoms with Crippen molar-refractivity contribution in [1.29, 1.82) is 0 Å². The summed E-state index contributed by atoms with van der Waals surface area (Å²) in [7, 11) is 0. The van der Waals surface area contributed by atoms with Crippen molar-refractivity contribution in [1.82, 2.24) is 31.1 Å². The van der Waals surface area contributed by atoms with Crippen molar-refractivity contribution in [2.45, 2.75) is 19.3 Å². The lowest BCUT2D eigenvalue weighted by Gasteiger charge is -2.23. The molecule has 2 heterocycles. The molecule has 6 heteroatoms. The van der Waals surface area contributed by atoms with E-state index in [2.05, 4.69) is 31.1 Å². The van der Waals surface area contributed by atoms with Gasteiger partial charge in [0.15, 0.2) is 0 Å². The minimum atomic E-state index is 1.10. The Bertz CT molecular complexity index is 230. The Kier molecular flexibility index (Phi) is 10.9. The molecule has 0 radical (unpaired) electrons. The van der Waals surface area contributed by atoms with Crippen molar-refractivity contribution in [2.24, 2.45) is 0 Å². The molecule has 0 unspecified atom stereocenters. The van der Waals surface area contributed by atoms with E-state index in [9.17, 15) is 0 Å². The number of rotatable bonds is 6.